The Morgan fingerprint density at radius 2 is 1.88 bits per heavy atom. The van der Waals surface area contributed by atoms with Crippen LogP contribution in [-0.2, 0) is 0 Å². The number of hydrogen-bond acceptors (Lipinski definition) is 3. The quantitative estimate of drug-likeness (QED) is 0.753. The smallest absolute Gasteiger partial charge is 0.372 e. The molecule has 0 atom stereocenters. The minimum absolute atomic E-state index is 0.0654. The fourth-order valence-corrected chi connectivity index (χ4v) is 1.72. The average Bonchev–Trinajstić information content (AvgIpc) is 2.22. The second-order valence-corrected chi connectivity index (χ2v) is 3.91. The molecule has 0 aliphatic heterocycles. The van der Waals surface area contributed by atoms with Crippen LogP contribution in [0.25, 0.3) is 10.9 Å². The molecule has 0 bridgehead atoms. The second kappa shape index (κ2) is 3.51. The second-order valence-electron chi connectivity index (χ2n) is 3.12. The SMILES string of the molecule is Cc1c(Br)c(F)c2[nH]c(=O)oc(=O)c2c1F. The van der Waals surface area contributed by atoms with Gasteiger partial charge in [-0.15, -0.1) is 0 Å². The molecular weight excluding hydrogens is 288 g/mol. The summed E-state index contributed by atoms with van der Waals surface area (Å²) in [6.07, 6.45) is 0. The van der Waals surface area contributed by atoms with Gasteiger partial charge in [0.25, 0.3) is 0 Å². The van der Waals surface area contributed by atoms with Crippen molar-refractivity contribution in [3.05, 3.63) is 42.6 Å². The number of H-pyrrole nitrogens is 1. The molecule has 84 valence electrons. The van der Waals surface area contributed by atoms with Crippen molar-refractivity contribution >= 4 is 26.8 Å². The first-order valence-corrected chi connectivity index (χ1v) is 4.93. The molecule has 1 aromatic heterocycles. The van der Waals surface area contributed by atoms with Gasteiger partial charge in [-0.2, -0.15) is 0 Å². The van der Waals surface area contributed by atoms with Gasteiger partial charge in [-0.05, 0) is 22.9 Å². The van der Waals surface area contributed by atoms with Crippen LogP contribution in [-0.4, -0.2) is 4.98 Å². The third kappa shape index (κ3) is 1.39. The normalized spacial score (nSPS) is 11.0. The van der Waals surface area contributed by atoms with Crippen LogP contribution in [0, 0.1) is 18.6 Å². The third-order valence-electron chi connectivity index (χ3n) is 2.16. The van der Waals surface area contributed by atoms with Crippen molar-refractivity contribution in [2.75, 3.05) is 0 Å². The Hall–Kier alpha value is -1.50. The van der Waals surface area contributed by atoms with E-state index >= 15 is 0 Å². The molecule has 2 rings (SSSR count). The van der Waals surface area contributed by atoms with Crippen molar-refractivity contribution in [1.82, 2.24) is 4.98 Å². The van der Waals surface area contributed by atoms with Crippen LogP contribution in [0.1, 0.15) is 5.56 Å². The molecule has 7 heteroatoms. The van der Waals surface area contributed by atoms with Crippen molar-refractivity contribution in [3.63, 3.8) is 0 Å². The zero-order valence-electron chi connectivity index (χ0n) is 7.86. The minimum Gasteiger partial charge on any atom is -0.372 e. The Morgan fingerprint density at radius 3 is 2.50 bits per heavy atom. The summed E-state index contributed by atoms with van der Waals surface area (Å²) in [7, 11) is 0. The van der Waals surface area contributed by atoms with Crippen molar-refractivity contribution < 1.29 is 13.2 Å². The summed E-state index contributed by atoms with van der Waals surface area (Å²) in [6.45, 7) is 1.30. The highest BCUT2D eigenvalue weighted by atomic mass is 79.9. The van der Waals surface area contributed by atoms with Crippen LogP contribution in [0.15, 0.2) is 18.5 Å². The number of benzene rings is 1. The van der Waals surface area contributed by atoms with Gasteiger partial charge in [0.05, 0.1) is 9.99 Å². The minimum atomic E-state index is -1.20. The van der Waals surface area contributed by atoms with Gasteiger partial charge < -0.3 is 4.42 Å². The number of aromatic nitrogens is 1. The summed E-state index contributed by atoms with van der Waals surface area (Å²) in [5, 5.41) is -0.599. The maximum absolute atomic E-state index is 13.7. The summed E-state index contributed by atoms with van der Waals surface area (Å²) in [5.74, 6) is -2.96. The van der Waals surface area contributed by atoms with Gasteiger partial charge in [0.2, 0.25) is 0 Å². The zero-order valence-corrected chi connectivity index (χ0v) is 9.44. The van der Waals surface area contributed by atoms with E-state index in [9.17, 15) is 18.4 Å². The summed E-state index contributed by atoms with van der Waals surface area (Å²) in [5.41, 5.74) is -1.77. The zero-order chi connectivity index (χ0) is 12.0. The number of rotatable bonds is 0. The van der Waals surface area contributed by atoms with Crippen LogP contribution in [0.2, 0.25) is 0 Å². The molecule has 1 heterocycles. The van der Waals surface area contributed by atoms with Gasteiger partial charge in [-0.25, -0.2) is 18.4 Å². The fourth-order valence-electron chi connectivity index (χ4n) is 1.35. The monoisotopic (exact) mass is 291 g/mol. The molecule has 0 unspecified atom stereocenters. The van der Waals surface area contributed by atoms with Crippen LogP contribution in [0.3, 0.4) is 0 Å². The molecule has 0 amide bonds. The molecule has 0 aliphatic carbocycles. The number of fused-ring (bicyclic) bond motifs is 1. The van der Waals surface area contributed by atoms with Crippen molar-refractivity contribution in [3.8, 4) is 0 Å². The van der Waals surface area contributed by atoms with Gasteiger partial charge >= 0.3 is 11.4 Å². The lowest BCUT2D eigenvalue weighted by Crippen LogP contribution is -2.17. The summed E-state index contributed by atoms with van der Waals surface area (Å²) in [4.78, 5) is 24.0. The standard InChI is InChI=1S/C9H4BrF2NO3/c1-2-4(10)6(12)7-3(5(2)11)8(14)16-9(15)13-7/h1H3,(H,13,15). The van der Waals surface area contributed by atoms with E-state index in [0.717, 1.165) is 0 Å². The van der Waals surface area contributed by atoms with Crippen LogP contribution in [0.4, 0.5) is 8.78 Å². The van der Waals surface area contributed by atoms with Crippen molar-refractivity contribution in [2.45, 2.75) is 6.92 Å². The van der Waals surface area contributed by atoms with E-state index in [1.807, 2.05) is 4.98 Å². The summed E-state index contributed by atoms with van der Waals surface area (Å²) >= 11 is 2.83. The van der Waals surface area contributed by atoms with Gasteiger partial charge in [0.1, 0.15) is 11.2 Å². The first-order chi connectivity index (χ1) is 7.43. The largest absolute Gasteiger partial charge is 0.419 e. The van der Waals surface area contributed by atoms with E-state index in [0.29, 0.717) is 0 Å². The Bertz CT molecular complexity index is 704. The molecule has 0 saturated carbocycles. The van der Waals surface area contributed by atoms with E-state index < -0.39 is 33.9 Å². The molecule has 0 saturated heterocycles. The lowest BCUT2D eigenvalue weighted by atomic mass is 10.1. The van der Waals surface area contributed by atoms with Crippen molar-refractivity contribution in [1.29, 1.82) is 0 Å². The Balaban J connectivity index is 3.21. The van der Waals surface area contributed by atoms with Crippen LogP contribution >= 0.6 is 15.9 Å². The molecular formula is C9H4BrF2NO3. The maximum Gasteiger partial charge on any atom is 0.419 e. The molecule has 1 N–H and O–H groups in total. The highest BCUT2D eigenvalue weighted by molar-refractivity contribution is 9.10. The van der Waals surface area contributed by atoms with Crippen LogP contribution in [0.5, 0.6) is 0 Å². The molecule has 16 heavy (non-hydrogen) atoms. The molecule has 0 spiro atoms. The first-order valence-electron chi connectivity index (χ1n) is 4.13. The highest BCUT2D eigenvalue weighted by Gasteiger charge is 2.19. The lowest BCUT2D eigenvalue weighted by molar-refractivity contribution is 0.454. The topological polar surface area (TPSA) is 63.1 Å². The van der Waals surface area contributed by atoms with Gasteiger partial charge in [-0.1, -0.05) is 0 Å². The molecule has 0 fully saturated rings. The van der Waals surface area contributed by atoms with E-state index in [1.165, 1.54) is 6.92 Å². The summed E-state index contributed by atoms with van der Waals surface area (Å²) < 4.78 is 31.3. The number of nitrogens with one attached hydrogen (secondary N) is 1. The Labute approximate surface area is 95.0 Å². The van der Waals surface area contributed by atoms with Gasteiger partial charge in [0.15, 0.2) is 5.82 Å². The number of hydrogen-bond donors (Lipinski definition) is 1. The fraction of sp³-hybridized carbons (Fsp3) is 0.111. The van der Waals surface area contributed by atoms with E-state index in [4.69, 9.17) is 0 Å². The average molecular weight is 292 g/mol. The van der Waals surface area contributed by atoms with Crippen molar-refractivity contribution in [2.24, 2.45) is 0 Å². The Kier molecular flexibility index (Phi) is 2.42. The number of aromatic amines is 1. The molecule has 0 aliphatic rings. The van der Waals surface area contributed by atoms with Crippen LogP contribution < -0.4 is 11.4 Å². The third-order valence-corrected chi connectivity index (χ3v) is 3.10. The predicted octanol–water partition coefficient (Wildman–Crippen LogP) is 1.83. The van der Waals surface area contributed by atoms with Gasteiger partial charge in [0, 0.05) is 5.56 Å². The molecule has 1 aromatic carbocycles. The summed E-state index contributed by atoms with van der Waals surface area (Å²) in [6, 6.07) is 0. The van der Waals surface area contributed by atoms with Gasteiger partial charge in [-0.3, -0.25) is 4.98 Å². The maximum atomic E-state index is 13.7. The highest BCUT2D eigenvalue weighted by Crippen LogP contribution is 2.28. The van der Waals surface area contributed by atoms with E-state index in [2.05, 4.69) is 20.3 Å². The Morgan fingerprint density at radius 1 is 1.25 bits per heavy atom. The van der Waals surface area contributed by atoms with E-state index in [1.54, 1.807) is 0 Å². The van der Waals surface area contributed by atoms with E-state index in [-0.39, 0.29) is 10.0 Å². The first kappa shape index (κ1) is 11.0. The number of halogens is 3. The predicted molar refractivity (Wildman–Crippen MR) is 55.5 cm³/mol. The molecule has 0 radical (unpaired) electrons. The molecule has 4 nitrogen and oxygen atoms in total. The molecule has 2 aromatic rings. The lowest BCUT2D eigenvalue weighted by Gasteiger charge is -2.05.